The summed E-state index contributed by atoms with van der Waals surface area (Å²) in [7, 11) is 0. The lowest BCUT2D eigenvalue weighted by molar-refractivity contribution is 0.133. The molecule has 1 unspecified atom stereocenters. The molecule has 1 aromatic carbocycles. The smallest absolute Gasteiger partial charge is 0.410 e. The van der Waals surface area contributed by atoms with Crippen molar-refractivity contribution in [3.8, 4) is 0 Å². The molecule has 1 saturated heterocycles. The van der Waals surface area contributed by atoms with Gasteiger partial charge in [-0.2, -0.15) is 0 Å². The van der Waals surface area contributed by atoms with Gasteiger partial charge in [0, 0.05) is 11.6 Å². The van der Waals surface area contributed by atoms with Crippen LogP contribution in [0.15, 0.2) is 24.3 Å². The molecule has 2 rings (SSSR count). The fourth-order valence-corrected chi connectivity index (χ4v) is 1.74. The molecule has 15 heavy (non-hydrogen) atoms. The van der Waals surface area contributed by atoms with Crippen LogP contribution in [-0.4, -0.2) is 24.1 Å². The Morgan fingerprint density at radius 2 is 2.13 bits per heavy atom. The standard InChI is InChI=1S/C11H12ClNO2/c1-2-13-7-10(15-11(13)14)8-3-5-9(12)6-4-8/h3-6,10H,2,7H2,1H3. The minimum atomic E-state index is -0.238. The van der Waals surface area contributed by atoms with E-state index in [1.165, 1.54) is 0 Å². The van der Waals surface area contributed by atoms with E-state index in [4.69, 9.17) is 16.3 Å². The molecule has 4 heteroatoms. The lowest BCUT2D eigenvalue weighted by Crippen LogP contribution is -2.23. The summed E-state index contributed by atoms with van der Waals surface area (Å²) in [5.41, 5.74) is 0.990. The van der Waals surface area contributed by atoms with Crippen molar-refractivity contribution < 1.29 is 9.53 Å². The Kier molecular flexibility index (Phi) is 2.82. The number of benzene rings is 1. The first-order valence-corrected chi connectivity index (χ1v) is 5.29. The maximum atomic E-state index is 11.3. The molecule has 1 amide bonds. The fraction of sp³-hybridized carbons (Fsp3) is 0.364. The van der Waals surface area contributed by atoms with Crippen LogP contribution in [0.3, 0.4) is 0 Å². The average molecular weight is 226 g/mol. The first-order valence-electron chi connectivity index (χ1n) is 4.91. The van der Waals surface area contributed by atoms with Gasteiger partial charge >= 0.3 is 6.09 Å². The molecule has 1 atom stereocenters. The van der Waals surface area contributed by atoms with Gasteiger partial charge in [-0.15, -0.1) is 0 Å². The first-order chi connectivity index (χ1) is 7.20. The summed E-state index contributed by atoms with van der Waals surface area (Å²) in [6.45, 7) is 3.24. The van der Waals surface area contributed by atoms with Crippen LogP contribution in [0.4, 0.5) is 4.79 Å². The van der Waals surface area contributed by atoms with Crippen molar-refractivity contribution >= 4 is 17.7 Å². The molecular weight excluding hydrogens is 214 g/mol. The van der Waals surface area contributed by atoms with E-state index in [0.29, 0.717) is 18.1 Å². The molecule has 0 N–H and O–H groups in total. The monoisotopic (exact) mass is 225 g/mol. The number of hydrogen-bond donors (Lipinski definition) is 0. The zero-order chi connectivity index (χ0) is 10.8. The molecule has 0 saturated carbocycles. The number of nitrogens with zero attached hydrogens (tertiary/aromatic N) is 1. The molecule has 0 spiro atoms. The zero-order valence-electron chi connectivity index (χ0n) is 8.44. The minimum absolute atomic E-state index is 0.158. The highest BCUT2D eigenvalue weighted by Crippen LogP contribution is 2.26. The maximum Gasteiger partial charge on any atom is 0.410 e. The van der Waals surface area contributed by atoms with Gasteiger partial charge in [-0.25, -0.2) is 4.79 Å². The molecule has 0 aliphatic carbocycles. The van der Waals surface area contributed by atoms with Crippen LogP contribution in [0.1, 0.15) is 18.6 Å². The highest BCUT2D eigenvalue weighted by Gasteiger charge is 2.30. The number of halogens is 1. The first kappa shape index (κ1) is 10.3. The van der Waals surface area contributed by atoms with E-state index < -0.39 is 0 Å². The van der Waals surface area contributed by atoms with Gasteiger partial charge < -0.3 is 9.64 Å². The van der Waals surface area contributed by atoms with Gasteiger partial charge in [0.2, 0.25) is 0 Å². The van der Waals surface area contributed by atoms with Crippen LogP contribution < -0.4 is 0 Å². The largest absolute Gasteiger partial charge is 0.439 e. The molecule has 0 aromatic heterocycles. The molecule has 1 aromatic rings. The third-order valence-corrected chi connectivity index (χ3v) is 2.76. The SMILES string of the molecule is CCN1CC(c2ccc(Cl)cc2)OC1=O. The summed E-state index contributed by atoms with van der Waals surface area (Å²) >= 11 is 5.78. The number of ether oxygens (including phenoxy) is 1. The van der Waals surface area contributed by atoms with Gasteiger partial charge in [-0.3, -0.25) is 0 Å². The number of cyclic esters (lactones) is 1. The number of amides is 1. The topological polar surface area (TPSA) is 29.5 Å². The van der Waals surface area contributed by atoms with Crippen molar-refractivity contribution in [1.29, 1.82) is 0 Å². The molecule has 1 aliphatic rings. The van der Waals surface area contributed by atoms with Gasteiger partial charge in [0.15, 0.2) is 0 Å². The van der Waals surface area contributed by atoms with Crippen molar-refractivity contribution in [1.82, 2.24) is 4.90 Å². The van der Waals surface area contributed by atoms with E-state index in [1.807, 2.05) is 19.1 Å². The summed E-state index contributed by atoms with van der Waals surface area (Å²) in [6.07, 6.45) is -0.396. The Labute approximate surface area is 93.6 Å². The zero-order valence-corrected chi connectivity index (χ0v) is 9.20. The van der Waals surface area contributed by atoms with Crippen LogP contribution >= 0.6 is 11.6 Å². The summed E-state index contributed by atoms with van der Waals surface area (Å²) in [4.78, 5) is 13.0. The Hall–Kier alpha value is -1.22. The molecule has 1 aliphatic heterocycles. The predicted octanol–water partition coefficient (Wildman–Crippen LogP) is 2.85. The van der Waals surface area contributed by atoms with Crippen LogP contribution in [-0.2, 0) is 4.74 Å². The van der Waals surface area contributed by atoms with Crippen LogP contribution in [0, 0.1) is 0 Å². The lowest BCUT2D eigenvalue weighted by Gasteiger charge is -2.09. The molecular formula is C11H12ClNO2. The Morgan fingerprint density at radius 3 is 2.67 bits per heavy atom. The van der Waals surface area contributed by atoms with Gasteiger partial charge in [0.25, 0.3) is 0 Å². The van der Waals surface area contributed by atoms with E-state index >= 15 is 0 Å². The highest BCUT2D eigenvalue weighted by atomic mass is 35.5. The highest BCUT2D eigenvalue weighted by molar-refractivity contribution is 6.30. The Balaban J connectivity index is 2.13. The van der Waals surface area contributed by atoms with E-state index in [2.05, 4.69) is 0 Å². The lowest BCUT2D eigenvalue weighted by atomic mass is 10.1. The molecule has 1 heterocycles. The van der Waals surface area contributed by atoms with Crippen molar-refractivity contribution in [3.05, 3.63) is 34.9 Å². The van der Waals surface area contributed by atoms with Crippen molar-refractivity contribution in [2.24, 2.45) is 0 Å². The van der Waals surface area contributed by atoms with E-state index in [-0.39, 0.29) is 12.2 Å². The van der Waals surface area contributed by atoms with Gasteiger partial charge in [-0.05, 0) is 24.6 Å². The second-order valence-corrected chi connectivity index (χ2v) is 3.90. The van der Waals surface area contributed by atoms with Gasteiger partial charge in [0.1, 0.15) is 6.10 Å². The van der Waals surface area contributed by atoms with Crippen LogP contribution in [0.5, 0.6) is 0 Å². The van der Waals surface area contributed by atoms with Crippen molar-refractivity contribution in [3.63, 3.8) is 0 Å². The van der Waals surface area contributed by atoms with Crippen molar-refractivity contribution in [2.45, 2.75) is 13.0 Å². The van der Waals surface area contributed by atoms with Gasteiger partial charge in [-0.1, -0.05) is 23.7 Å². The summed E-state index contributed by atoms with van der Waals surface area (Å²) < 4.78 is 5.23. The number of carbonyl (C=O) groups is 1. The number of carbonyl (C=O) groups excluding carboxylic acids is 1. The second kappa shape index (κ2) is 4.11. The van der Waals surface area contributed by atoms with E-state index in [9.17, 15) is 4.79 Å². The summed E-state index contributed by atoms with van der Waals surface area (Å²) in [5.74, 6) is 0. The average Bonchev–Trinajstić information content (AvgIpc) is 2.61. The van der Waals surface area contributed by atoms with Crippen LogP contribution in [0.25, 0.3) is 0 Å². The number of hydrogen-bond acceptors (Lipinski definition) is 2. The molecule has 0 bridgehead atoms. The Bertz CT molecular complexity index is 363. The maximum absolute atomic E-state index is 11.3. The van der Waals surface area contributed by atoms with Crippen molar-refractivity contribution in [2.75, 3.05) is 13.1 Å². The fourth-order valence-electron chi connectivity index (χ4n) is 1.62. The summed E-state index contributed by atoms with van der Waals surface area (Å²) in [5, 5.41) is 0.690. The quantitative estimate of drug-likeness (QED) is 0.775. The molecule has 0 radical (unpaired) electrons. The molecule has 3 nitrogen and oxygen atoms in total. The normalized spacial score (nSPS) is 20.5. The van der Waals surface area contributed by atoms with Gasteiger partial charge in [0.05, 0.1) is 6.54 Å². The number of likely N-dealkylation sites (N-methyl/N-ethyl adjacent to an activating group) is 1. The molecule has 80 valence electrons. The number of rotatable bonds is 2. The molecule has 1 fully saturated rings. The van der Waals surface area contributed by atoms with Crippen LogP contribution in [0.2, 0.25) is 5.02 Å². The van der Waals surface area contributed by atoms with E-state index in [1.54, 1.807) is 17.0 Å². The third kappa shape index (κ3) is 2.07. The van der Waals surface area contributed by atoms with E-state index in [0.717, 1.165) is 5.56 Å². The third-order valence-electron chi connectivity index (χ3n) is 2.51. The minimum Gasteiger partial charge on any atom is -0.439 e. The second-order valence-electron chi connectivity index (χ2n) is 3.46. The Morgan fingerprint density at radius 1 is 1.47 bits per heavy atom. The predicted molar refractivity (Wildman–Crippen MR) is 57.9 cm³/mol. The summed E-state index contributed by atoms with van der Waals surface area (Å²) in [6, 6.07) is 7.39.